The molecule has 1 heterocycles. The molecule has 0 atom stereocenters. The van der Waals surface area contributed by atoms with Crippen molar-refractivity contribution in [3.8, 4) is 17.0 Å². The fourth-order valence-corrected chi connectivity index (χ4v) is 2.00. The van der Waals surface area contributed by atoms with Gasteiger partial charge in [-0.1, -0.05) is 0 Å². The Balaban J connectivity index is 2.37. The number of carbonyl (C=O) groups excluding carboxylic acids is 1. The Labute approximate surface area is 122 Å². The Kier molecular flexibility index (Phi) is 4.26. The van der Waals surface area contributed by atoms with E-state index in [2.05, 4.69) is 10.4 Å². The van der Waals surface area contributed by atoms with Crippen LogP contribution in [0.5, 0.6) is 5.75 Å². The molecule has 0 aliphatic carbocycles. The highest BCUT2D eigenvalue weighted by atomic mass is 19.1. The second-order valence-corrected chi connectivity index (χ2v) is 5.01. The average Bonchev–Trinajstić information content (AvgIpc) is 2.80. The predicted molar refractivity (Wildman–Crippen MR) is 77.8 cm³/mol. The molecule has 0 aliphatic rings. The van der Waals surface area contributed by atoms with E-state index in [1.54, 1.807) is 25.2 Å². The average molecular weight is 291 g/mol. The third kappa shape index (κ3) is 3.21. The number of amides is 1. The van der Waals surface area contributed by atoms with Gasteiger partial charge in [-0.2, -0.15) is 5.10 Å². The van der Waals surface area contributed by atoms with Gasteiger partial charge in [0.25, 0.3) is 5.91 Å². The van der Waals surface area contributed by atoms with Crippen molar-refractivity contribution in [1.82, 2.24) is 15.1 Å². The molecule has 21 heavy (non-hydrogen) atoms. The first kappa shape index (κ1) is 15.0. The van der Waals surface area contributed by atoms with Gasteiger partial charge in [-0.15, -0.1) is 0 Å². The molecule has 5 nitrogen and oxygen atoms in total. The van der Waals surface area contributed by atoms with Crippen LogP contribution in [0.25, 0.3) is 11.3 Å². The summed E-state index contributed by atoms with van der Waals surface area (Å²) < 4.78 is 20.6. The Morgan fingerprint density at radius 2 is 2.10 bits per heavy atom. The number of hydrogen-bond acceptors (Lipinski definition) is 3. The Morgan fingerprint density at radius 3 is 2.67 bits per heavy atom. The Morgan fingerprint density at radius 1 is 1.38 bits per heavy atom. The minimum atomic E-state index is -0.423. The van der Waals surface area contributed by atoms with Gasteiger partial charge in [0, 0.05) is 24.7 Å². The van der Waals surface area contributed by atoms with Crippen molar-refractivity contribution >= 4 is 5.91 Å². The molecule has 1 aromatic heterocycles. The summed E-state index contributed by atoms with van der Waals surface area (Å²) in [6, 6.07) is 6.16. The van der Waals surface area contributed by atoms with Crippen molar-refractivity contribution in [2.24, 2.45) is 7.05 Å². The van der Waals surface area contributed by atoms with E-state index in [0.717, 1.165) is 0 Å². The SMILES string of the molecule is COc1ccc(-c2cc(C(=O)NC(C)C)nn2C)c(F)c1. The molecular weight excluding hydrogens is 273 g/mol. The maximum absolute atomic E-state index is 14.1. The quantitative estimate of drug-likeness (QED) is 0.941. The molecule has 1 aromatic carbocycles. The number of hydrogen-bond donors (Lipinski definition) is 1. The number of nitrogens with one attached hydrogen (secondary N) is 1. The van der Waals surface area contributed by atoms with Crippen LogP contribution in [0.1, 0.15) is 24.3 Å². The largest absolute Gasteiger partial charge is 0.497 e. The molecule has 0 spiro atoms. The number of rotatable bonds is 4. The summed E-state index contributed by atoms with van der Waals surface area (Å²) in [5, 5.41) is 6.89. The van der Waals surface area contributed by atoms with E-state index < -0.39 is 5.82 Å². The second kappa shape index (κ2) is 5.95. The third-order valence-corrected chi connectivity index (χ3v) is 2.98. The van der Waals surface area contributed by atoms with Crippen molar-refractivity contribution < 1.29 is 13.9 Å². The normalized spacial score (nSPS) is 10.8. The third-order valence-electron chi connectivity index (χ3n) is 2.98. The molecule has 1 N–H and O–H groups in total. The van der Waals surface area contributed by atoms with E-state index in [0.29, 0.717) is 17.0 Å². The zero-order chi connectivity index (χ0) is 15.6. The van der Waals surface area contributed by atoms with E-state index in [1.165, 1.54) is 17.9 Å². The number of nitrogens with zero attached hydrogens (tertiary/aromatic N) is 2. The van der Waals surface area contributed by atoms with Crippen LogP contribution < -0.4 is 10.1 Å². The highest BCUT2D eigenvalue weighted by Crippen LogP contribution is 2.26. The van der Waals surface area contributed by atoms with Crippen LogP contribution in [0.3, 0.4) is 0 Å². The summed E-state index contributed by atoms with van der Waals surface area (Å²) in [5.74, 6) is -0.259. The number of benzene rings is 1. The van der Waals surface area contributed by atoms with Gasteiger partial charge in [0.2, 0.25) is 0 Å². The summed E-state index contributed by atoms with van der Waals surface area (Å²) in [6.07, 6.45) is 0. The van der Waals surface area contributed by atoms with Gasteiger partial charge in [-0.3, -0.25) is 9.48 Å². The van der Waals surface area contributed by atoms with Gasteiger partial charge in [-0.25, -0.2) is 4.39 Å². The maximum atomic E-state index is 14.1. The van der Waals surface area contributed by atoms with Crippen LogP contribution >= 0.6 is 0 Å². The van der Waals surface area contributed by atoms with Crippen LogP contribution in [0.2, 0.25) is 0 Å². The number of ether oxygens (including phenoxy) is 1. The minimum absolute atomic E-state index is 0.0145. The highest BCUT2D eigenvalue weighted by Gasteiger charge is 2.17. The smallest absolute Gasteiger partial charge is 0.271 e. The molecule has 2 rings (SSSR count). The van der Waals surface area contributed by atoms with Gasteiger partial charge in [0.1, 0.15) is 11.6 Å². The molecule has 0 radical (unpaired) electrons. The standard InChI is InChI=1S/C15H18FN3O2/c1-9(2)17-15(20)13-8-14(19(3)18-13)11-6-5-10(21-4)7-12(11)16/h5-9H,1-4H3,(H,17,20). The number of aromatic nitrogens is 2. The molecule has 1 amide bonds. The minimum Gasteiger partial charge on any atom is -0.497 e. The molecule has 6 heteroatoms. The fourth-order valence-electron chi connectivity index (χ4n) is 2.00. The zero-order valence-electron chi connectivity index (χ0n) is 12.5. The van der Waals surface area contributed by atoms with E-state index in [9.17, 15) is 9.18 Å². The summed E-state index contributed by atoms with van der Waals surface area (Å²) in [4.78, 5) is 11.9. The van der Waals surface area contributed by atoms with Crippen molar-refractivity contribution in [2.75, 3.05) is 7.11 Å². The van der Waals surface area contributed by atoms with Crippen LogP contribution in [0.4, 0.5) is 4.39 Å². The van der Waals surface area contributed by atoms with Gasteiger partial charge in [0.05, 0.1) is 12.8 Å². The van der Waals surface area contributed by atoms with Crippen molar-refractivity contribution in [2.45, 2.75) is 19.9 Å². The topological polar surface area (TPSA) is 56.1 Å². The van der Waals surface area contributed by atoms with Crippen molar-refractivity contribution in [3.63, 3.8) is 0 Å². The van der Waals surface area contributed by atoms with Gasteiger partial charge >= 0.3 is 0 Å². The van der Waals surface area contributed by atoms with Gasteiger partial charge in [0.15, 0.2) is 5.69 Å². The van der Waals surface area contributed by atoms with E-state index in [4.69, 9.17) is 4.74 Å². The molecule has 0 unspecified atom stereocenters. The summed E-state index contributed by atoms with van der Waals surface area (Å²) in [5.41, 5.74) is 1.16. The number of halogens is 1. The van der Waals surface area contributed by atoms with Crippen LogP contribution in [-0.2, 0) is 7.05 Å². The first-order chi connectivity index (χ1) is 9.92. The highest BCUT2D eigenvalue weighted by molar-refractivity contribution is 5.93. The fraction of sp³-hybridized carbons (Fsp3) is 0.333. The summed E-state index contributed by atoms with van der Waals surface area (Å²) in [6.45, 7) is 3.73. The second-order valence-electron chi connectivity index (χ2n) is 5.01. The lowest BCUT2D eigenvalue weighted by atomic mass is 10.1. The molecule has 0 saturated carbocycles. The molecular formula is C15H18FN3O2. The number of aryl methyl sites for hydroxylation is 1. The van der Waals surface area contributed by atoms with Crippen molar-refractivity contribution in [1.29, 1.82) is 0 Å². The van der Waals surface area contributed by atoms with Gasteiger partial charge < -0.3 is 10.1 Å². The molecule has 0 bridgehead atoms. The first-order valence-corrected chi connectivity index (χ1v) is 6.61. The monoisotopic (exact) mass is 291 g/mol. The molecule has 2 aromatic rings. The van der Waals surface area contributed by atoms with E-state index in [-0.39, 0.29) is 17.6 Å². The lowest BCUT2D eigenvalue weighted by molar-refractivity contribution is 0.0937. The molecule has 0 saturated heterocycles. The molecule has 0 aliphatic heterocycles. The summed E-state index contributed by atoms with van der Waals surface area (Å²) in [7, 11) is 3.15. The maximum Gasteiger partial charge on any atom is 0.271 e. The lowest BCUT2D eigenvalue weighted by Gasteiger charge is -2.05. The number of methoxy groups -OCH3 is 1. The lowest BCUT2D eigenvalue weighted by Crippen LogP contribution is -2.30. The van der Waals surface area contributed by atoms with Crippen LogP contribution in [-0.4, -0.2) is 28.8 Å². The Hall–Kier alpha value is -2.37. The Bertz CT molecular complexity index is 665. The number of carbonyl (C=O) groups is 1. The first-order valence-electron chi connectivity index (χ1n) is 6.61. The molecule has 0 fully saturated rings. The zero-order valence-corrected chi connectivity index (χ0v) is 12.5. The van der Waals surface area contributed by atoms with E-state index in [1.807, 2.05) is 13.8 Å². The van der Waals surface area contributed by atoms with Crippen LogP contribution in [0, 0.1) is 5.82 Å². The molecule has 112 valence electrons. The predicted octanol–water partition coefficient (Wildman–Crippen LogP) is 2.37. The summed E-state index contributed by atoms with van der Waals surface area (Å²) >= 11 is 0. The van der Waals surface area contributed by atoms with E-state index >= 15 is 0 Å². The van der Waals surface area contributed by atoms with Gasteiger partial charge in [-0.05, 0) is 32.0 Å². The van der Waals surface area contributed by atoms with Crippen molar-refractivity contribution in [3.05, 3.63) is 35.8 Å². The van der Waals surface area contributed by atoms with Crippen LogP contribution in [0.15, 0.2) is 24.3 Å².